The molecule has 0 spiro atoms. The minimum Gasteiger partial charge on any atom is -0.356 e. The van der Waals surface area contributed by atoms with Crippen molar-refractivity contribution in [2.45, 2.75) is 31.7 Å². The zero-order valence-electron chi connectivity index (χ0n) is 15.7. The average Bonchev–Trinajstić information content (AvgIpc) is 3.55. The van der Waals surface area contributed by atoms with Crippen LogP contribution in [0.25, 0.3) is 0 Å². The maximum absolute atomic E-state index is 12.3. The number of anilines is 3. The van der Waals surface area contributed by atoms with E-state index in [1.807, 2.05) is 36.4 Å². The third kappa shape index (κ3) is 4.79. The van der Waals surface area contributed by atoms with Gasteiger partial charge in [0, 0.05) is 42.6 Å². The molecule has 1 aromatic carbocycles. The van der Waals surface area contributed by atoms with E-state index < -0.39 is 0 Å². The van der Waals surface area contributed by atoms with Crippen molar-refractivity contribution in [1.82, 2.24) is 10.3 Å². The molecule has 3 amide bonds. The average molecular weight is 379 g/mol. The number of rotatable bonds is 5. The summed E-state index contributed by atoms with van der Waals surface area (Å²) in [5.41, 5.74) is 1.37. The molecule has 1 saturated heterocycles. The Morgan fingerprint density at radius 2 is 1.68 bits per heavy atom. The lowest BCUT2D eigenvalue weighted by Gasteiger charge is -2.33. The molecule has 2 heterocycles. The predicted molar refractivity (Wildman–Crippen MR) is 109 cm³/mol. The molecular weight excluding hydrogens is 354 g/mol. The van der Waals surface area contributed by atoms with E-state index >= 15 is 0 Å². The number of amides is 3. The Bertz CT molecular complexity index is 830. The number of carbonyl (C=O) groups excluding carboxylic acids is 2. The van der Waals surface area contributed by atoms with Gasteiger partial charge in [0.15, 0.2) is 0 Å². The Kier molecular flexibility index (Phi) is 5.41. The van der Waals surface area contributed by atoms with Gasteiger partial charge in [-0.15, -0.1) is 0 Å². The molecule has 28 heavy (non-hydrogen) atoms. The molecular formula is C21H25N5O2. The normalized spacial score (nSPS) is 17.1. The molecule has 7 nitrogen and oxygen atoms in total. The van der Waals surface area contributed by atoms with Crippen LogP contribution in [0.4, 0.5) is 22.0 Å². The van der Waals surface area contributed by atoms with Crippen molar-refractivity contribution in [3.05, 3.63) is 48.7 Å². The van der Waals surface area contributed by atoms with Gasteiger partial charge in [-0.3, -0.25) is 4.79 Å². The Morgan fingerprint density at radius 3 is 2.36 bits per heavy atom. The van der Waals surface area contributed by atoms with Gasteiger partial charge in [-0.25, -0.2) is 9.78 Å². The van der Waals surface area contributed by atoms with E-state index in [-0.39, 0.29) is 23.9 Å². The van der Waals surface area contributed by atoms with Crippen LogP contribution in [-0.2, 0) is 4.79 Å². The highest BCUT2D eigenvalue weighted by atomic mass is 16.2. The van der Waals surface area contributed by atoms with Crippen LogP contribution in [0.3, 0.4) is 0 Å². The van der Waals surface area contributed by atoms with Gasteiger partial charge in [-0.1, -0.05) is 12.1 Å². The molecule has 0 atom stereocenters. The highest BCUT2D eigenvalue weighted by Gasteiger charge is 2.29. The van der Waals surface area contributed by atoms with Crippen molar-refractivity contribution in [3.8, 4) is 0 Å². The van der Waals surface area contributed by atoms with Crippen LogP contribution in [0.1, 0.15) is 25.7 Å². The minimum atomic E-state index is -0.220. The van der Waals surface area contributed by atoms with Gasteiger partial charge >= 0.3 is 6.03 Å². The fraction of sp³-hybridized carbons (Fsp3) is 0.381. The molecule has 2 aliphatic rings. The second-order valence-electron chi connectivity index (χ2n) is 7.39. The lowest BCUT2D eigenvalue weighted by Crippen LogP contribution is -2.46. The lowest BCUT2D eigenvalue weighted by molar-refractivity contribution is -0.117. The molecule has 0 unspecified atom stereocenters. The maximum Gasteiger partial charge on any atom is 0.319 e. The smallest absolute Gasteiger partial charge is 0.319 e. The first-order valence-electron chi connectivity index (χ1n) is 9.82. The van der Waals surface area contributed by atoms with Crippen molar-refractivity contribution in [2.75, 3.05) is 28.6 Å². The van der Waals surface area contributed by atoms with E-state index in [9.17, 15) is 9.59 Å². The monoisotopic (exact) mass is 379 g/mol. The summed E-state index contributed by atoms with van der Waals surface area (Å²) in [5.74, 6) is 1.19. The van der Waals surface area contributed by atoms with E-state index in [1.165, 1.54) is 0 Å². The van der Waals surface area contributed by atoms with Gasteiger partial charge < -0.3 is 20.9 Å². The summed E-state index contributed by atoms with van der Waals surface area (Å²) < 4.78 is 0. The van der Waals surface area contributed by atoms with Crippen molar-refractivity contribution in [1.29, 1.82) is 0 Å². The number of urea groups is 1. The number of pyridine rings is 1. The molecule has 7 heteroatoms. The topological polar surface area (TPSA) is 86.4 Å². The number of nitrogens with zero attached hydrogens (tertiary/aromatic N) is 2. The highest BCUT2D eigenvalue weighted by Crippen LogP contribution is 2.30. The standard InChI is InChI=1S/C21H25N5O2/c27-20(15-7-8-15)23-17-4-3-5-18(14-17)25-21(28)24-16-9-12-26(13-10-16)19-6-1-2-11-22-19/h1-6,11,14-16H,7-10,12-13H2,(H,23,27)(H2,24,25,28). The van der Waals surface area contributed by atoms with Gasteiger partial charge in [-0.05, 0) is 56.0 Å². The largest absolute Gasteiger partial charge is 0.356 e. The molecule has 146 valence electrons. The Labute approximate surface area is 164 Å². The van der Waals surface area contributed by atoms with E-state index in [0.29, 0.717) is 11.4 Å². The van der Waals surface area contributed by atoms with Crippen molar-refractivity contribution < 1.29 is 9.59 Å². The molecule has 4 rings (SSSR count). The summed E-state index contributed by atoms with van der Waals surface area (Å²) in [7, 11) is 0. The molecule has 1 aromatic heterocycles. The molecule has 3 N–H and O–H groups in total. The lowest BCUT2D eigenvalue weighted by atomic mass is 10.1. The van der Waals surface area contributed by atoms with E-state index in [1.54, 1.807) is 12.3 Å². The van der Waals surface area contributed by atoms with E-state index in [0.717, 1.165) is 44.6 Å². The number of aromatic nitrogens is 1. The number of piperidine rings is 1. The maximum atomic E-state index is 12.3. The van der Waals surface area contributed by atoms with Crippen LogP contribution in [0.15, 0.2) is 48.7 Å². The Hall–Kier alpha value is -3.09. The van der Waals surface area contributed by atoms with E-state index in [2.05, 4.69) is 25.8 Å². The van der Waals surface area contributed by atoms with Crippen LogP contribution in [-0.4, -0.2) is 36.1 Å². The van der Waals surface area contributed by atoms with Crippen molar-refractivity contribution in [3.63, 3.8) is 0 Å². The first-order chi connectivity index (χ1) is 13.7. The summed E-state index contributed by atoms with van der Waals surface area (Å²) in [6, 6.07) is 13.1. The first-order valence-corrected chi connectivity index (χ1v) is 9.82. The second kappa shape index (κ2) is 8.29. The fourth-order valence-electron chi connectivity index (χ4n) is 3.41. The van der Waals surface area contributed by atoms with Gasteiger partial charge in [-0.2, -0.15) is 0 Å². The molecule has 0 radical (unpaired) electrons. The van der Waals surface area contributed by atoms with Gasteiger partial charge in [0.2, 0.25) is 5.91 Å². The zero-order chi connectivity index (χ0) is 19.3. The number of nitrogens with one attached hydrogen (secondary N) is 3. The van der Waals surface area contributed by atoms with Crippen LogP contribution >= 0.6 is 0 Å². The van der Waals surface area contributed by atoms with Gasteiger partial charge in [0.25, 0.3) is 0 Å². The van der Waals surface area contributed by atoms with Crippen molar-refractivity contribution in [2.24, 2.45) is 5.92 Å². The summed E-state index contributed by atoms with van der Waals surface area (Å²) in [6.45, 7) is 1.73. The minimum absolute atomic E-state index is 0.0567. The fourth-order valence-corrected chi connectivity index (χ4v) is 3.41. The predicted octanol–water partition coefficient (Wildman–Crippen LogP) is 3.22. The molecule has 1 saturated carbocycles. The summed E-state index contributed by atoms with van der Waals surface area (Å²) in [5, 5.41) is 8.80. The van der Waals surface area contributed by atoms with Crippen LogP contribution in [0.2, 0.25) is 0 Å². The Morgan fingerprint density at radius 1 is 0.929 bits per heavy atom. The number of carbonyl (C=O) groups is 2. The third-order valence-electron chi connectivity index (χ3n) is 5.14. The molecule has 2 fully saturated rings. The van der Waals surface area contributed by atoms with Crippen LogP contribution < -0.4 is 20.9 Å². The molecule has 0 bridgehead atoms. The summed E-state index contributed by atoms with van der Waals surface area (Å²) in [4.78, 5) is 30.9. The van der Waals surface area contributed by atoms with E-state index in [4.69, 9.17) is 0 Å². The quantitative estimate of drug-likeness (QED) is 0.744. The second-order valence-corrected chi connectivity index (χ2v) is 7.39. The summed E-state index contributed by atoms with van der Waals surface area (Å²) in [6.07, 6.45) is 5.48. The van der Waals surface area contributed by atoms with Gasteiger partial charge in [0.1, 0.15) is 5.82 Å². The number of hydrogen-bond donors (Lipinski definition) is 3. The SMILES string of the molecule is O=C(Nc1cccc(NC(=O)C2CC2)c1)NC1CCN(c2ccccn2)CC1. The van der Waals surface area contributed by atoms with Crippen LogP contribution in [0, 0.1) is 5.92 Å². The molecule has 1 aliphatic heterocycles. The molecule has 1 aliphatic carbocycles. The zero-order valence-corrected chi connectivity index (χ0v) is 15.7. The highest BCUT2D eigenvalue weighted by molar-refractivity contribution is 5.95. The Balaban J connectivity index is 1.25. The number of benzene rings is 1. The number of hydrogen-bond acceptors (Lipinski definition) is 4. The van der Waals surface area contributed by atoms with Crippen molar-refractivity contribution >= 4 is 29.1 Å². The molecule has 2 aromatic rings. The third-order valence-corrected chi connectivity index (χ3v) is 5.14. The van der Waals surface area contributed by atoms with Crippen LogP contribution in [0.5, 0.6) is 0 Å². The van der Waals surface area contributed by atoms with Gasteiger partial charge in [0.05, 0.1) is 0 Å². The summed E-state index contributed by atoms with van der Waals surface area (Å²) >= 11 is 0. The first kappa shape index (κ1) is 18.3.